The Morgan fingerprint density at radius 3 is 2.17 bits per heavy atom. The van der Waals surface area contributed by atoms with Gasteiger partial charge in [0.05, 0.1) is 6.61 Å². The smallest absolute Gasteiger partial charge is 0.312 e. The molecule has 0 saturated carbocycles. The van der Waals surface area contributed by atoms with Gasteiger partial charge in [-0.15, -0.1) is 0 Å². The summed E-state index contributed by atoms with van der Waals surface area (Å²) in [6, 6.07) is 4.28. The zero-order valence-electron chi connectivity index (χ0n) is 17.5. The van der Waals surface area contributed by atoms with Gasteiger partial charge in [-0.25, -0.2) is 4.79 Å². The van der Waals surface area contributed by atoms with E-state index in [1.54, 1.807) is 38.1 Å². The second-order valence-corrected chi connectivity index (χ2v) is 7.26. The minimum Gasteiger partial charge on any atom is -0.392 e. The molecule has 0 aliphatic carbocycles. The lowest BCUT2D eigenvalue weighted by Gasteiger charge is -2.25. The summed E-state index contributed by atoms with van der Waals surface area (Å²) in [6.07, 6.45) is 0.648. The van der Waals surface area contributed by atoms with Crippen molar-refractivity contribution in [2.24, 2.45) is 11.7 Å². The van der Waals surface area contributed by atoms with E-state index in [2.05, 4.69) is 21.3 Å². The number of rotatable bonds is 11. The van der Waals surface area contributed by atoms with E-state index in [1.165, 1.54) is 6.92 Å². The number of aliphatic hydroxyl groups excluding tert-OH is 1. The van der Waals surface area contributed by atoms with Crippen LogP contribution in [0.3, 0.4) is 0 Å². The first-order valence-electron chi connectivity index (χ1n) is 9.75. The maximum absolute atomic E-state index is 12.8. The first-order chi connectivity index (χ1) is 14.1. The third kappa shape index (κ3) is 8.91. The van der Waals surface area contributed by atoms with Gasteiger partial charge in [0, 0.05) is 19.2 Å². The molecule has 10 nitrogen and oxygen atoms in total. The molecule has 0 radical (unpaired) electrons. The number of hydrogen-bond acceptors (Lipinski definition) is 5. The molecule has 0 aromatic heterocycles. The summed E-state index contributed by atoms with van der Waals surface area (Å²) in [5.41, 5.74) is 6.25. The molecule has 166 valence electrons. The highest BCUT2D eigenvalue weighted by Gasteiger charge is 2.28. The highest BCUT2D eigenvalue weighted by atomic mass is 16.3. The molecule has 1 aromatic rings. The number of carbonyl (C=O) groups excluding carboxylic acids is 4. The highest BCUT2D eigenvalue weighted by molar-refractivity contribution is 5.98. The Balaban J connectivity index is 2.87. The number of urea groups is 1. The molecule has 0 heterocycles. The third-order valence-electron chi connectivity index (χ3n) is 4.31. The lowest BCUT2D eigenvalue weighted by Crippen LogP contribution is -2.54. The number of nitrogens with two attached hydrogens (primary N) is 1. The maximum atomic E-state index is 12.8. The first kappa shape index (κ1) is 24.9. The van der Waals surface area contributed by atoms with Gasteiger partial charge in [-0.3, -0.25) is 14.4 Å². The van der Waals surface area contributed by atoms with Gasteiger partial charge in [0.2, 0.25) is 17.7 Å². The number of carbonyl (C=O) groups is 4. The molecule has 2 atom stereocenters. The predicted octanol–water partition coefficient (Wildman–Crippen LogP) is 0.211. The fourth-order valence-corrected chi connectivity index (χ4v) is 2.72. The van der Waals surface area contributed by atoms with Crippen LogP contribution in [0.25, 0.3) is 0 Å². The zero-order valence-corrected chi connectivity index (χ0v) is 17.5. The molecule has 0 spiro atoms. The monoisotopic (exact) mass is 421 g/mol. The number of amides is 5. The standard InChI is InChI=1S/C20H31N5O5/c1-12(2)17(23-13(3)27)19(29)25-16(5-4-10-22-20(21)30)18(28)24-15-8-6-14(11-26)7-9-15/h6-9,12,16-17,26H,4-5,10-11H2,1-3H3,(H,23,27)(H,24,28)(H,25,29)(H3,21,22,30)/t16-,17?/m0/s1. The Labute approximate surface area is 176 Å². The Kier molecular flexibility index (Phi) is 10.3. The van der Waals surface area contributed by atoms with Gasteiger partial charge in [-0.1, -0.05) is 26.0 Å². The Morgan fingerprint density at radius 1 is 1.03 bits per heavy atom. The Hall–Kier alpha value is -3.14. The van der Waals surface area contributed by atoms with Crippen molar-refractivity contribution in [1.82, 2.24) is 16.0 Å². The molecule has 1 unspecified atom stereocenters. The maximum Gasteiger partial charge on any atom is 0.312 e. The summed E-state index contributed by atoms with van der Waals surface area (Å²) in [5, 5.41) is 19.5. The van der Waals surface area contributed by atoms with Crippen molar-refractivity contribution in [2.75, 3.05) is 11.9 Å². The summed E-state index contributed by atoms with van der Waals surface area (Å²) >= 11 is 0. The van der Waals surface area contributed by atoms with Crippen molar-refractivity contribution >= 4 is 29.4 Å². The van der Waals surface area contributed by atoms with Gasteiger partial charge in [0.15, 0.2) is 0 Å². The number of anilines is 1. The zero-order chi connectivity index (χ0) is 22.7. The number of hydrogen-bond donors (Lipinski definition) is 6. The second kappa shape index (κ2) is 12.4. The van der Waals surface area contributed by atoms with Crippen LogP contribution < -0.4 is 27.0 Å². The van der Waals surface area contributed by atoms with Gasteiger partial charge < -0.3 is 32.1 Å². The van der Waals surface area contributed by atoms with Crippen molar-refractivity contribution < 1.29 is 24.3 Å². The minimum atomic E-state index is -0.889. The van der Waals surface area contributed by atoms with Gasteiger partial charge in [0.25, 0.3) is 0 Å². The quantitative estimate of drug-likeness (QED) is 0.281. The van der Waals surface area contributed by atoms with E-state index in [4.69, 9.17) is 10.8 Å². The molecule has 0 saturated heterocycles. The molecule has 0 bridgehead atoms. The average molecular weight is 421 g/mol. The molecular weight excluding hydrogens is 390 g/mol. The van der Waals surface area contributed by atoms with Crippen molar-refractivity contribution in [3.8, 4) is 0 Å². The normalized spacial score (nSPS) is 12.6. The molecule has 1 aromatic carbocycles. The number of primary amides is 1. The predicted molar refractivity (Wildman–Crippen MR) is 112 cm³/mol. The third-order valence-corrected chi connectivity index (χ3v) is 4.31. The van der Waals surface area contributed by atoms with Crippen LogP contribution in [-0.4, -0.2) is 47.5 Å². The van der Waals surface area contributed by atoms with Crippen LogP contribution in [0.1, 0.15) is 39.2 Å². The van der Waals surface area contributed by atoms with Crippen molar-refractivity contribution in [3.05, 3.63) is 29.8 Å². The number of benzene rings is 1. The molecule has 0 aliphatic rings. The molecule has 1 rings (SSSR count). The summed E-state index contributed by atoms with van der Waals surface area (Å²) in [7, 11) is 0. The second-order valence-electron chi connectivity index (χ2n) is 7.26. The van der Waals surface area contributed by atoms with Gasteiger partial charge in [-0.05, 0) is 36.5 Å². The van der Waals surface area contributed by atoms with Crippen LogP contribution in [-0.2, 0) is 21.0 Å². The Morgan fingerprint density at radius 2 is 1.67 bits per heavy atom. The van der Waals surface area contributed by atoms with E-state index in [0.717, 1.165) is 0 Å². The molecule has 0 fully saturated rings. The molecule has 10 heteroatoms. The van der Waals surface area contributed by atoms with Gasteiger partial charge in [0.1, 0.15) is 12.1 Å². The van der Waals surface area contributed by atoms with Crippen LogP contribution in [0.15, 0.2) is 24.3 Å². The van der Waals surface area contributed by atoms with E-state index in [0.29, 0.717) is 17.7 Å². The topological polar surface area (TPSA) is 163 Å². The van der Waals surface area contributed by atoms with Crippen molar-refractivity contribution in [3.63, 3.8) is 0 Å². The summed E-state index contributed by atoms with van der Waals surface area (Å²) < 4.78 is 0. The first-order valence-corrected chi connectivity index (χ1v) is 9.75. The van der Waals surface area contributed by atoms with Crippen molar-refractivity contribution in [1.29, 1.82) is 0 Å². The van der Waals surface area contributed by atoms with Crippen LogP contribution in [0, 0.1) is 5.92 Å². The lowest BCUT2D eigenvalue weighted by atomic mass is 10.0. The van der Waals surface area contributed by atoms with Crippen molar-refractivity contribution in [2.45, 2.75) is 52.3 Å². The molecule has 5 amide bonds. The number of aliphatic hydroxyl groups is 1. The summed E-state index contributed by atoms with van der Waals surface area (Å²) in [5.74, 6) is -1.44. The highest BCUT2D eigenvalue weighted by Crippen LogP contribution is 2.11. The van der Waals surface area contributed by atoms with Crippen LogP contribution >= 0.6 is 0 Å². The van der Waals surface area contributed by atoms with E-state index >= 15 is 0 Å². The van der Waals surface area contributed by atoms with E-state index in [1.807, 2.05) is 0 Å². The molecular formula is C20H31N5O5. The lowest BCUT2D eigenvalue weighted by molar-refractivity contribution is -0.131. The fourth-order valence-electron chi connectivity index (χ4n) is 2.72. The fraction of sp³-hybridized carbons (Fsp3) is 0.500. The summed E-state index contributed by atoms with van der Waals surface area (Å²) in [4.78, 5) is 47.7. The van der Waals surface area contributed by atoms with E-state index in [9.17, 15) is 19.2 Å². The summed E-state index contributed by atoms with van der Waals surface area (Å²) in [6.45, 7) is 5.03. The minimum absolute atomic E-state index is 0.112. The number of nitrogens with one attached hydrogen (secondary N) is 4. The van der Waals surface area contributed by atoms with Gasteiger partial charge >= 0.3 is 6.03 Å². The van der Waals surface area contributed by atoms with Crippen LogP contribution in [0.4, 0.5) is 10.5 Å². The largest absolute Gasteiger partial charge is 0.392 e. The molecule has 7 N–H and O–H groups in total. The van der Waals surface area contributed by atoms with Gasteiger partial charge in [-0.2, -0.15) is 0 Å². The Bertz CT molecular complexity index is 736. The average Bonchev–Trinajstić information content (AvgIpc) is 2.68. The van der Waals surface area contributed by atoms with Crippen LogP contribution in [0.2, 0.25) is 0 Å². The van der Waals surface area contributed by atoms with E-state index < -0.39 is 29.9 Å². The molecule has 0 aliphatic heterocycles. The SMILES string of the molecule is CC(=O)NC(C(=O)N[C@@H](CCCNC(N)=O)C(=O)Nc1ccc(CO)cc1)C(C)C. The van der Waals surface area contributed by atoms with E-state index in [-0.39, 0.29) is 31.4 Å². The molecule has 30 heavy (non-hydrogen) atoms. The van der Waals surface area contributed by atoms with Crippen LogP contribution in [0.5, 0.6) is 0 Å².